The van der Waals surface area contributed by atoms with Gasteiger partial charge >= 0.3 is 255 Å². The fourth-order valence-corrected chi connectivity index (χ4v) is 24.1. The van der Waals surface area contributed by atoms with Crippen LogP contribution in [-0.2, 0) is 0 Å². The first kappa shape index (κ1) is 29.9. The summed E-state index contributed by atoms with van der Waals surface area (Å²) in [5.41, 5.74) is 3.98. The van der Waals surface area contributed by atoms with Gasteiger partial charge < -0.3 is 0 Å². The molecule has 4 saturated carbocycles. The molecule has 4 fully saturated rings. The van der Waals surface area contributed by atoms with E-state index in [1.165, 1.54) is 128 Å². The fourth-order valence-electron chi connectivity index (χ4n) is 9.00. The Balaban J connectivity index is 1.38. The molecule has 4 aliphatic rings. The zero-order valence-electron chi connectivity index (χ0n) is 25.5. The van der Waals surface area contributed by atoms with Crippen molar-refractivity contribution in [3.05, 3.63) is 48.5 Å². The second-order valence-corrected chi connectivity index (χ2v) is 24.0. The number of rotatable bonds is 8. The van der Waals surface area contributed by atoms with Crippen molar-refractivity contribution in [2.75, 3.05) is 0 Å². The van der Waals surface area contributed by atoms with Crippen LogP contribution >= 0.6 is 15.8 Å². The molecule has 2 aromatic rings. The van der Waals surface area contributed by atoms with Crippen molar-refractivity contribution in [3.8, 4) is 0 Å². The maximum atomic E-state index is 2.77. The van der Waals surface area contributed by atoms with Gasteiger partial charge in [-0.3, -0.25) is 0 Å². The number of benzene rings is 2. The second-order valence-electron chi connectivity index (χ2n) is 13.6. The van der Waals surface area contributed by atoms with E-state index in [4.69, 9.17) is 0 Å². The molecule has 0 nitrogen and oxygen atoms in total. The topological polar surface area (TPSA) is 0 Å². The van der Waals surface area contributed by atoms with Crippen molar-refractivity contribution in [1.29, 1.82) is 0 Å². The van der Waals surface area contributed by atoms with Crippen LogP contribution in [-0.4, -0.2) is 37.0 Å². The SMILES string of the molecule is [CH3][Ge]([c]1ccccc1P(C1CCCCC1)C1CCCCC1)[c]1ccccc1P(C1CCCCC1)C1CCCCC1. The van der Waals surface area contributed by atoms with Gasteiger partial charge in [-0.2, -0.15) is 0 Å². The van der Waals surface area contributed by atoms with Crippen LogP contribution in [0.3, 0.4) is 0 Å². The third-order valence-corrected chi connectivity index (χ3v) is 24.3. The van der Waals surface area contributed by atoms with Gasteiger partial charge in [-0.15, -0.1) is 0 Å². The molecule has 4 aliphatic carbocycles. The van der Waals surface area contributed by atoms with Crippen LogP contribution < -0.4 is 19.4 Å². The van der Waals surface area contributed by atoms with E-state index in [0.717, 1.165) is 22.6 Å². The van der Waals surface area contributed by atoms with Gasteiger partial charge in [-0.05, 0) is 0 Å². The van der Waals surface area contributed by atoms with E-state index in [9.17, 15) is 0 Å². The van der Waals surface area contributed by atoms with Gasteiger partial charge in [0.15, 0.2) is 0 Å². The minimum atomic E-state index is -1.66. The minimum absolute atomic E-state index is 0.0380. The molecule has 1 radical (unpaired) electrons. The van der Waals surface area contributed by atoms with E-state index in [0.29, 0.717) is 0 Å². The van der Waals surface area contributed by atoms with Crippen LogP contribution in [0.25, 0.3) is 0 Å². The molecule has 0 N–H and O–H groups in total. The van der Waals surface area contributed by atoms with Crippen molar-refractivity contribution in [3.63, 3.8) is 0 Å². The Labute approximate surface area is 253 Å². The van der Waals surface area contributed by atoms with E-state index >= 15 is 0 Å². The standard InChI is InChI=1S/C37H55GeP2/c1-38(34-26-14-16-28-36(34)39(30-18-6-2-7-19-30)31-20-8-3-9-21-31)35-27-15-17-29-37(35)40(32-22-10-4-11-23-32)33-24-12-5-13-25-33/h14-17,26-33H,2-13,18-25H2,1H3. The Morgan fingerprint density at radius 3 is 1.00 bits per heavy atom. The molecule has 0 unspecified atom stereocenters. The molecule has 0 saturated heterocycles. The number of hydrogen-bond donors (Lipinski definition) is 0. The first-order chi connectivity index (χ1) is 19.8. The van der Waals surface area contributed by atoms with Crippen LogP contribution in [0.1, 0.15) is 128 Å². The summed E-state index contributed by atoms with van der Waals surface area (Å²) in [5, 5.41) is 3.78. The molecule has 0 spiro atoms. The van der Waals surface area contributed by atoms with Gasteiger partial charge in [0.05, 0.1) is 0 Å². The van der Waals surface area contributed by atoms with Gasteiger partial charge in [-0.25, -0.2) is 0 Å². The predicted molar refractivity (Wildman–Crippen MR) is 184 cm³/mol. The summed E-state index contributed by atoms with van der Waals surface area (Å²) in [6, 6.07) is 20.3. The maximum absolute atomic E-state index is 2.77. The molecule has 217 valence electrons. The molecular formula is C37H55GeP2. The summed E-state index contributed by atoms with van der Waals surface area (Å²) in [4.78, 5) is 0. The van der Waals surface area contributed by atoms with Crippen molar-refractivity contribution < 1.29 is 0 Å². The molecule has 0 aliphatic heterocycles. The normalized spacial score (nSPS) is 22.9. The summed E-state index contributed by atoms with van der Waals surface area (Å²) in [5.74, 6) is 2.77. The second kappa shape index (κ2) is 15.0. The Hall–Kier alpha value is -0.157. The predicted octanol–water partition coefficient (Wildman–Crippen LogP) is 9.47. The third-order valence-electron chi connectivity index (χ3n) is 11.0. The quantitative estimate of drug-likeness (QED) is 0.201. The molecule has 2 aromatic carbocycles. The molecular weight excluding hydrogens is 579 g/mol. The molecule has 0 bridgehead atoms. The summed E-state index contributed by atoms with van der Waals surface area (Å²) < 4.78 is 3.75. The van der Waals surface area contributed by atoms with Crippen molar-refractivity contribution in [1.82, 2.24) is 0 Å². The molecule has 40 heavy (non-hydrogen) atoms. The van der Waals surface area contributed by atoms with E-state index in [2.05, 4.69) is 54.3 Å². The first-order valence-corrected chi connectivity index (χ1v) is 24.6. The van der Waals surface area contributed by atoms with E-state index in [1.807, 2.05) is 19.4 Å². The van der Waals surface area contributed by atoms with Crippen LogP contribution in [0, 0.1) is 0 Å². The van der Waals surface area contributed by atoms with Crippen molar-refractivity contribution >= 4 is 49.6 Å². The monoisotopic (exact) mass is 635 g/mol. The fraction of sp³-hybridized carbons (Fsp3) is 0.676. The summed E-state index contributed by atoms with van der Waals surface area (Å²) in [6.07, 6.45) is 30.0. The van der Waals surface area contributed by atoms with Gasteiger partial charge in [0.1, 0.15) is 0 Å². The molecule has 6 rings (SSSR count). The van der Waals surface area contributed by atoms with E-state index in [-0.39, 0.29) is 15.8 Å². The van der Waals surface area contributed by atoms with Crippen molar-refractivity contribution in [2.24, 2.45) is 0 Å². The first-order valence-electron chi connectivity index (χ1n) is 17.4. The molecule has 0 aromatic heterocycles. The molecule has 0 heterocycles. The summed E-state index contributed by atoms with van der Waals surface area (Å²) in [6.45, 7) is 0. The third kappa shape index (κ3) is 6.97. The van der Waals surface area contributed by atoms with Gasteiger partial charge in [0.25, 0.3) is 0 Å². The van der Waals surface area contributed by atoms with Crippen molar-refractivity contribution in [2.45, 2.75) is 157 Å². The molecule has 3 heteroatoms. The van der Waals surface area contributed by atoms with Crippen LogP contribution in [0.5, 0.6) is 0 Å². The molecule has 0 atom stereocenters. The Morgan fingerprint density at radius 2 is 0.700 bits per heavy atom. The van der Waals surface area contributed by atoms with Crippen LogP contribution in [0.4, 0.5) is 0 Å². The van der Waals surface area contributed by atoms with Gasteiger partial charge in [0, 0.05) is 0 Å². The average molecular weight is 634 g/mol. The zero-order chi connectivity index (χ0) is 27.1. The van der Waals surface area contributed by atoms with Gasteiger partial charge in [0.2, 0.25) is 0 Å². The van der Waals surface area contributed by atoms with Crippen LogP contribution in [0.2, 0.25) is 5.76 Å². The van der Waals surface area contributed by atoms with E-state index in [1.54, 1.807) is 0 Å². The van der Waals surface area contributed by atoms with E-state index < -0.39 is 14.3 Å². The Kier molecular flexibility index (Phi) is 11.2. The Morgan fingerprint density at radius 1 is 0.425 bits per heavy atom. The number of hydrogen-bond acceptors (Lipinski definition) is 0. The summed E-state index contributed by atoms with van der Waals surface area (Å²) in [7, 11) is -0.0760. The molecule has 0 amide bonds. The van der Waals surface area contributed by atoms with Crippen LogP contribution in [0.15, 0.2) is 48.5 Å². The van der Waals surface area contributed by atoms with Gasteiger partial charge in [-0.1, -0.05) is 0 Å². The average Bonchev–Trinajstić information content (AvgIpc) is 3.04. The summed E-state index contributed by atoms with van der Waals surface area (Å²) >= 11 is -1.66. The zero-order valence-corrected chi connectivity index (χ0v) is 29.4. The Bertz CT molecular complexity index is 924.